The highest BCUT2D eigenvalue weighted by Gasteiger charge is 2.05. The summed E-state index contributed by atoms with van der Waals surface area (Å²) in [6.45, 7) is 0.577. The standard InChI is InChI=1S/C17H16ClN5OS/c1-24-15-7-5-14(6-8-15)20-17(25)21-16-19-11-23(22-16)10-12-3-2-4-13(18)9-12/h2-9,11H,10H2,1H3,(H2,20,21,22,25). The summed E-state index contributed by atoms with van der Waals surface area (Å²) in [7, 11) is 1.63. The number of thiocarbonyl (C=S) groups is 1. The zero-order chi connectivity index (χ0) is 17.6. The number of rotatable bonds is 5. The zero-order valence-corrected chi connectivity index (χ0v) is 15.0. The number of aromatic nitrogens is 3. The van der Waals surface area contributed by atoms with E-state index in [9.17, 15) is 0 Å². The molecule has 8 heteroatoms. The van der Waals surface area contributed by atoms with Crippen molar-refractivity contribution >= 4 is 40.6 Å². The molecule has 0 aliphatic carbocycles. The van der Waals surface area contributed by atoms with Crippen LogP contribution in [0.25, 0.3) is 0 Å². The summed E-state index contributed by atoms with van der Waals surface area (Å²) in [5.74, 6) is 1.21. The summed E-state index contributed by atoms with van der Waals surface area (Å²) in [5, 5.41) is 11.5. The molecule has 0 aliphatic heterocycles. The molecule has 2 N–H and O–H groups in total. The lowest BCUT2D eigenvalue weighted by Gasteiger charge is -2.08. The molecule has 0 atom stereocenters. The number of benzene rings is 2. The first kappa shape index (κ1) is 17.2. The van der Waals surface area contributed by atoms with E-state index in [0.29, 0.717) is 22.6 Å². The lowest BCUT2D eigenvalue weighted by molar-refractivity contribution is 0.415. The zero-order valence-electron chi connectivity index (χ0n) is 13.4. The maximum Gasteiger partial charge on any atom is 0.248 e. The molecule has 0 bridgehead atoms. The highest BCUT2D eigenvalue weighted by atomic mass is 35.5. The summed E-state index contributed by atoms with van der Waals surface area (Å²) >= 11 is 11.3. The monoisotopic (exact) mass is 373 g/mol. The molecule has 0 saturated carbocycles. The Morgan fingerprint density at radius 1 is 1.20 bits per heavy atom. The molecule has 3 aromatic rings. The average Bonchev–Trinajstić information content (AvgIpc) is 3.02. The predicted octanol–water partition coefficient (Wildman–Crippen LogP) is 3.80. The molecule has 0 radical (unpaired) electrons. The first-order valence-corrected chi connectivity index (χ1v) is 8.27. The van der Waals surface area contributed by atoms with Crippen molar-refractivity contribution in [2.45, 2.75) is 6.54 Å². The van der Waals surface area contributed by atoms with E-state index in [0.717, 1.165) is 17.0 Å². The van der Waals surface area contributed by atoms with E-state index in [-0.39, 0.29) is 0 Å². The maximum absolute atomic E-state index is 5.99. The van der Waals surface area contributed by atoms with Gasteiger partial charge < -0.3 is 10.1 Å². The van der Waals surface area contributed by atoms with Gasteiger partial charge in [0, 0.05) is 10.7 Å². The lowest BCUT2D eigenvalue weighted by atomic mass is 10.2. The number of ether oxygens (including phenoxy) is 1. The van der Waals surface area contributed by atoms with Crippen LogP contribution < -0.4 is 15.4 Å². The molecule has 0 spiro atoms. The van der Waals surface area contributed by atoms with E-state index in [1.165, 1.54) is 0 Å². The Balaban J connectivity index is 1.57. The largest absolute Gasteiger partial charge is 0.497 e. The van der Waals surface area contributed by atoms with Gasteiger partial charge in [0.05, 0.1) is 13.7 Å². The number of nitrogens with zero attached hydrogens (tertiary/aromatic N) is 3. The first-order valence-electron chi connectivity index (χ1n) is 7.48. The predicted molar refractivity (Wildman–Crippen MR) is 103 cm³/mol. The molecule has 6 nitrogen and oxygen atoms in total. The molecule has 0 unspecified atom stereocenters. The molecule has 0 aliphatic rings. The van der Waals surface area contributed by atoms with Gasteiger partial charge in [-0.2, -0.15) is 0 Å². The van der Waals surface area contributed by atoms with Crippen molar-refractivity contribution in [3.63, 3.8) is 0 Å². The molecule has 1 heterocycles. The Bertz CT molecular complexity index is 865. The summed E-state index contributed by atoms with van der Waals surface area (Å²) < 4.78 is 6.83. The molecule has 0 fully saturated rings. The van der Waals surface area contributed by atoms with E-state index in [1.807, 2.05) is 48.5 Å². The summed E-state index contributed by atoms with van der Waals surface area (Å²) in [5.41, 5.74) is 1.89. The van der Waals surface area contributed by atoms with Crippen LogP contribution in [0.5, 0.6) is 5.75 Å². The van der Waals surface area contributed by atoms with E-state index in [4.69, 9.17) is 28.6 Å². The summed E-state index contributed by atoms with van der Waals surface area (Å²) in [4.78, 5) is 4.20. The fourth-order valence-corrected chi connectivity index (χ4v) is 2.61. The Kier molecular flexibility index (Phi) is 5.47. The quantitative estimate of drug-likeness (QED) is 0.663. The van der Waals surface area contributed by atoms with Crippen LogP contribution in [-0.4, -0.2) is 27.0 Å². The van der Waals surface area contributed by atoms with Gasteiger partial charge in [0.2, 0.25) is 5.95 Å². The Hall–Kier alpha value is -2.64. The average molecular weight is 374 g/mol. The van der Waals surface area contributed by atoms with Crippen LogP contribution in [0.2, 0.25) is 5.02 Å². The van der Waals surface area contributed by atoms with Gasteiger partial charge in [0.25, 0.3) is 0 Å². The Morgan fingerprint density at radius 3 is 2.72 bits per heavy atom. The second kappa shape index (κ2) is 7.96. The van der Waals surface area contributed by atoms with E-state index in [1.54, 1.807) is 18.1 Å². The van der Waals surface area contributed by atoms with Crippen molar-refractivity contribution in [2.75, 3.05) is 17.7 Å². The maximum atomic E-state index is 5.99. The van der Waals surface area contributed by atoms with Crippen LogP contribution in [0.1, 0.15) is 5.56 Å². The highest BCUT2D eigenvalue weighted by Crippen LogP contribution is 2.15. The number of anilines is 2. The van der Waals surface area contributed by atoms with Gasteiger partial charge in [-0.3, -0.25) is 5.32 Å². The first-order chi connectivity index (χ1) is 12.1. The van der Waals surface area contributed by atoms with Gasteiger partial charge in [-0.15, -0.1) is 5.10 Å². The van der Waals surface area contributed by atoms with Crippen molar-refractivity contribution in [1.29, 1.82) is 0 Å². The molecule has 25 heavy (non-hydrogen) atoms. The molecule has 3 rings (SSSR count). The minimum atomic E-state index is 0.408. The molecule has 1 aromatic heterocycles. The van der Waals surface area contributed by atoms with Gasteiger partial charge in [-0.25, -0.2) is 9.67 Å². The number of methoxy groups -OCH3 is 1. The van der Waals surface area contributed by atoms with Crippen LogP contribution >= 0.6 is 23.8 Å². The summed E-state index contributed by atoms with van der Waals surface area (Å²) in [6.07, 6.45) is 1.64. The van der Waals surface area contributed by atoms with Gasteiger partial charge in [0.1, 0.15) is 12.1 Å². The highest BCUT2D eigenvalue weighted by molar-refractivity contribution is 7.80. The van der Waals surface area contributed by atoms with E-state index < -0.39 is 0 Å². The number of hydrogen-bond acceptors (Lipinski definition) is 4. The minimum Gasteiger partial charge on any atom is -0.497 e. The van der Waals surface area contributed by atoms with Crippen molar-refractivity contribution in [3.05, 3.63) is 65.4 Å². The molecule has 2 aromatic carbocycles. The topological polar surface area (TPSA) is 64.0 Å². The van der Waals surface area contributed by atoms with Crippen LogP contribution in [-0.2, 0) is 6.54 Å². The van der Waals surface area contributed by atoms with Crippen LogP contribution in [0.4, 0.5) is 11.6 Å². The van der Waals surface area contributed by atoms with Gasteiger partial charge in [0.15, 0.2) is 5.11 Å². The molecule has 128 valence electrons. The van der Waals surface area contributed by atoms with Crippen LogP contribution in [0.3, 0.4) is 0 Å². The third-order valence-electron chi connectivity index (χ3n) is 3.34. The van der Waals surface area contributed by atoms with Crippen molar-refractivity contribution in [1.82, 2.24) is 14.8 Å². The Morgan fingerprint density at radius 2 is 2.00 bits per heavy atom. The van der Waals surface area contributed by atoms with Crippen LogP contribution in [0, 0.1) is 0 Å². The molecular formula is C17H16ClN5OS. The van der Waals surface area contributed by atoms with Gasteiger partial charge in [-0.05, 0) is 54.2 Å². The normalized spacial score (nSPS) is 10.3. The Labute approximate surface area is 155 Å². The van der Waals surface area contributed by atoms with Crippen molar-refractivity contribution < 1.29 is 4.74 Å². The fraction of sp³-hybridized carbons (Fsp3) is 0.118. The van der Waals surface area contributed by atoms with Crippen molar-refractivity contribution in [3.8, 4) is 5.75 Å². The smallest absolute Gasteiger partial charge is 0.248 e. The summed E-state index contributed by atoms with van der Waals surface area (Å²) in [6, 6.07) is 15.1. The SMILES string of the molecule is COc1ccc(NC(=S)Nc2ncn(Cc3cccc(Cl)c3)n2)cc1. The van der Waals surface area contributed by atoms with Gasteiger partial charge >= 0.3 is 0 Å². The van der Waals surface area contributed by atoms with E-state index in [2.05, 4.69) is 20.7 Å². The fourth-order valence-electron chi connectivity index (χ4n) is 2.19. The number of halogens is 1. The third-order valence-corrected chi connectivity index (χ3v) is 3.78. The second-order valence-electron chi connectivity index (χ2n) is 5.20. The van der Waals surface area contributed by atoms with Gasteiger partial charge in [-0.1, -0.05) is 23.7 Å². The minimum absolute atomic E-state index is 0.408. The molecular weight excluding hydrogens is 358 g/mol. The number of nitrogens with one attached hydrogen (secondary N) is 2. The van der Waals surface area contributed by atoms with E-state index >= 15 is 0 Å². The molecule has 0 saturated heterocycles. The second-order valence-corrected chi connectivity index (χ2v) is 6.05. The van der Waals surface area contributed by atoms with Crippen molar-refractivity contribution in [2.24, 2.45) is 0 Å². The lowest BCUT2D eigenvalue weighted by Crippen LogP contribution is -2.20. The number of hydrogen-bond donors (Lipinski definition) is 2. The molecule has 0 amide bonds. The third kappa shape index (κ3) is 4.91. The van der Waals surface area contributed by atoms with Crippen LogP contribution in [0.15, 0.2) is 54.9 Å².